The summed E-state index contributed by atoms with van der Waals surface area (Å²) in [4.78, 5) is 2.48. The average molecular weight is 382 g/mol. The van der Waals surface area contributed by atoms with Gasteiger partial charge in [0.15, 0.2) is 0 Å². The van der Waals surface area contributed by atoms with Crippen LogP contribution in [-0.2, 0) is 10.0 Å². The highest BCUT2D eigenvalue weighted by Crippen LogP contribution is 2.23. The lowest BCUT2D eigenvalue weighted by Crippen LogP contribution is -2.31. The van der Waals surface area contributed by atoms with Crippen molar-refractivity contribution in [3.63, 3.8) is 0 Å². The Kier molecular flexibility index (Phi) is 4.96. The quantitative estimate of drug-likeness (QED) is 0.712. The van der Waals surface area contributed by atoms with E-state index in [1.54, 1.807) is 10.9 Å². The van der Waals surface area contributed by atoms with E-state index in [-0.39, 0.29) is 4.90 Å². The SMILES string of the molecule is O=S(=O)(NC[C@H]1CCN(c2ccccc2)C1)c1cnn(-c2ccccc2)c1. The number of nitrogens with one attached hydrogen (secondary N) is 1. The Bertz CT molecular complexity index is 987. The molecular weight excluding hydrogens is 360 g/mol. The van der Waals surface area contributed by atoms with Gasteiger partial charge in [-0.1, -0.05) is 36.4 Å². The van der Waals surface area contributed by atoms with Crippen molar-refractivity contribution in [1.82, 2.24) is 14.5 Å². The summed E-state index contributed by atoms with van der Waals surface area (Å²) < 4.78 is 29.5. The van der Waals surface area contributed by atoms with E-state index in [0.717, 1.165) is 25.2 Å². The minimum atomic E-state index is -3.57. The number of rotatable bonds is 6. The third kappa shape index (κ3) is 4.04. The lowest BCUT2D eigenvalue weighted by molar-refractivity contribution is 0.541. The van der Waals surface area contributed by atoms with Crippen LogP contribution in [0.1, 0.15) is 6.42 Å². The normalized spacial score (nSPS) is 17.3. The monoisotopic (exact) mass is 382 g/mol. The summed E-state index contributed by atoms with van der Waals surface area (Å²) in [6.45, 7) is 2.24. The molecule has 27 heavy (non-hydrogen) atoms. The lowest BCUT2D eigenvalue weighted by atomic mass is 10.1. The molecule has 1 N–H and O–H groups in total. The number of sulfonamides is 1. The van der Waals surface area contributed by atoms with Gasteiger partial charge in [-0.25, -0.2) is 17.8 Å². The lowest BCUT2D eigenvalue weighted by Gasteiger charge is -2.18. The first kappa shape index (κ1) is 17.8. The third-order valence-electron chi connectivity index (χ3n) is 4.86. The van der Waals surface area contributed by atoms with Crippen LogP contribution in [0.4, 0.5) is 5.69 Å². The largest absolute Gasteiger partial charge is 0.371 e. The Balaban J connectivity index is 1.38. The molecule has 1 aliphatic rings. The van der Waals surface area contributed by atoms with Gasteiger partial charge in [-0.2, -0.15) is 5.10 Å². The molecule has 2 aromatic carbocycles. The van der Waals surface area contributed by atoms with Crippen LogP contribution < -0.4 is 9.62 Å². The van der Waals surface area contributed by atoms with Crippen LogP contribution in [0.25, 0.3) is 5.69 Å². The second-order valence-electron chi connectivity index (χ2n) is 6.74. The van der Waals surface area contributed by atoms with Crippen molar-refractivity contribution in [1.29, 1.82) is 0 Å². The zero-order valence-corrected chi connectivity index (χ0v) is 15.7. The molecule has 0 unspecified atom stereocenters. The van der Waals surface area contributed by atoms with Crippen LogP contribution in [0.15, 0.2) is 78.0 Å². The Labute approximate surface area is 159 Å². The molecule has 0 saturated carbocycles. The fourth-order valence-corrected chi connectivity index (χ4v) is 4.40. The van der Waals surface area contributed by atoms with E-state index in [4.69, 9.17) is 0 Å². The Hall–Kier alpha value is -2.64. The zero-order valence-electron chi connectivity index (χ0n) is 14.9. The third-order valence-corrected chi connectivity index (χ3v) is 6.24. The number of hydrogen-bond acceptors (Lipinski definition) is 4. The molecule has 1 aromatic heterocycles. The van der Waals surface area contributed by atoms with Gasteiger partial charge in [-0.3, -0.25) is 0 Å². The van der Waals surface area contributed by atoms with Crippen molar-refractivity contribution in [2.75, 3.05) is 24.5 Å². The van der Waals surface area contributed by atoms with Crippen molar-refractivity contribution >= 4 is 15.7 Å². The van der Waals surface area contributed by atoms with E-state index in [1.807, 2.05) is 48.5 Å². The standard InChI is InChI=1S/C20H22N4O2S/c25-27(26,20-14-21-24(16-20)19-9-5-2-6-10-19)22-13-17-11-12-23(15-17)18-7-3-1-4-8-18/h1-10,14,16-17,22H,11-13,15H2/t17-/m1/s1. The van der Waals surface area contributed by atoms with Crippen molar-refractivity contribution < 1.29 is 8.42 Å². The molecule has 1 atom stereocenters. The maximum absolute atomic E-state index is 12.6. The number of anilines is 1. The molecule has 0 aliphatic carbocycles. The number of para-hydroxylation sites is 2. The van der Waals surface area contributed by atoms with Crippen LogP contribution in [0.5, 0.6) is 0 Å². The first-order valence-electron chi connectivity index (χ1n) is 9.01. The molecule has 6 nitrogen and oxygen atoms in total. The molecule has 0 amide bonds. The number of aromatic nitrogens is 2. The van der Waals surface area contributed by atoms with Crippen molar-refractivity contribution in [3.8, 4) is 5.69 Å². The molecule has 3 aromatic rings. The van der Waals surface area contributed by atoms with Crippen LogP contribution >= 0.6 is 0 Å². The van der Waals surface area contributed by atoms with Crippen LogP contribution in [-0.4, -0.2) is 37.8 Å². The summed E-state index contributed by atoms with van der Waals surface area (Å²) in [6.07, 6.45) is 3.91. The highest BCUT2D eigenvalue weighted by atomic mass is 32.2. The number of nitrogens with zero attached hydrogens (tertiary/aromatic N) is 3. The van der Waals surface area contributed by atoms with Gasteiger partial charge in [0.25, 0.3) is 0 Å². The van der Waals surface area contributed by atoms with E-state index in [9.17, 15) is 8.42 Å². The molecule has 0 spiro atoms. The summed E-state index contributed by atoms with van der Waals surface area (Å²) in [7, 11) is -3.57. The first-order chi connectivity index (χ1) is 13.1. The van der Waals surface area contributed by atoms with E-state index in [0.29, 0.717) is 12.5 Å². The summed E-state index contributed by atoms with van der Waals surface area (Å²) in [6, 6.07) is 19.7. The molecular formula is C20H22N4O2S. The van der Waals surface area contributed by atoms with Crippen molar-refractivity contribution in [2.45, 2.75) is 11.3 Å². The van der Waals surface area contributed by atoms with Crippen molar-refractivity contribution in [2.24, 2.45) is 5.92 Å². The smallest absolute Gasteiger partial charge is 0.243 e. The predicted molar refractivity (Wildman–Crippen MR) is 106 cm³/mol. The minimum absolute atomic E-state index is 0.185. The van der Waals surface area contributed by atoms with Gasteiger partial charge in [0.2, 0.25) is 10.0 Å². The molecule has 140 valence electrons. The summed E-state index contributed by atoms with van der Waals surface area (Å²) in [5.74, 6) is 0.296. The molecule has 1 fully saturated rings. The van der Waals surface area contributed by atoms with E-state index >= 15 is 0 Å². The van der Waals surface area contributed by atoms with Crippen LogP contribution in [0.2, 0.25) is 0 Å². The second-order valence-corrected chi connectivity index (χ2v) is 8.51. The summed E-state index contributed by atoms with van der Waals surface area (Å²) in [5.41, 5.74) is 2.01. The highest BCUT2D eigenvalue weighted by Gasteiger charge is 2.25. The molecule has 7 heteroatoms. The summed E-state index contributed by atoms with van der Waals surface area (Å²) in [5, 5.41) is 4.17. The van der Waals surface area contributed by atoms with Crippen molar-refractivity contribution in [3.05, 3.63) is 73.1 Å². The molecule has 2 heterocycles. The second kappa shape index (κ2) is 7.54. The maximum Gasteiger partial charge on any atom is 0.243 e. The fourth-order valence-electron chi connectivity index (χ4n) is 3.35. The predicted octanol–water partition coefficient (Wildman–Crippen LogP) is 2.68. The van der Waals surface area contributed by atoms with E-state index < -0.39 is 10.0 Å². The molecule has 0 radical (unpaired) electrons. The Morgan fingerprint density at radius 3 is 2.37 bits per heavy atom. The minimum Gasteiger partial charge on any atom is -0.371 e. The highest BCUT2D eigenvalue weighted by molar-refractivity contribution is 7.89. The van der Waals surface area contributed by atoms with Gasteiger partial charge in [-0.15, -0.1) is 0 Å². The zero-order chi connectivity index (χ0) is 18.7. The van der Waals surface area contributed by atoms with E-state index in [2.05, 4.69) is 26.9 Å². The summed E-state index contributed by atoms with van der Waals surface area (Å²) >= 11 is 0. The van der Waals surface area contributed by atoms with Gasteiger partial charge < -0.3 is 4.90 Å². The van der Waals surface area contributed by atoms with Gasteiger partial charge in [0.1, 0.15) is 4.90 Å². The topological polar surface area (TPSA) is 67.2 Å². The number of hydrogen-bond donors (Lipinski definition) is 1. The van der Waals surface area contributed by atoms with Gasteiger partial charge in [0, 0.05) is 25.3 Å². The van der Waals surface area contributed by atoms with Gasteiger partial charge >= 0.3 is 0 Å². The number of benzene rings is 2. The molecule has 1 saturated heterocycles. The average Bonchev–Trinajstić information content (AvgIpc) is 3.38. The Morgan fingerprint density at radius 1 is 1.00 bits per heavy atom. The molecule has 0 bridgehead atoms. The van der Waals surface area contributed by atoms with Crippen LogP contribution in [0, 0.1) is 5.92 Å². The van der Waals surface area contributed by atoms with Gasteiger partial charge in [0.05, 0.1) is 18.1 Å². The first-order valence-corrected chi connectivity index (χ1v) is 10.5. The van der Waals surface area contributed by atoms with Gasteiger partial charge in [-0.05, 0) is 36.6 Å². The van der Waals surface area contributed by atoms with E-state index in [1.165, 1.54) is 11.9 Å². The van der Waals surface area contributed by atoms with Crippen LogP contribution in [0.3, 0.4) is 0 Å². The maximum atomic E-state index is 12.6. The fraction of sp³-hybridized carbons (Fsp3) is 0.250. The molecule has 4 rings (SSSR count). The molecule has 1 aliphatic heterocycles. The Morgan fingerprint density at radius 2 is 1.67 bits per heavy atom.